The third-order valence-electron chi connectivity index (χ3n) is 6.11. The zero-order valence-electron chi connectivity index (χ0n) is 20.4. The Bertz CT molecular complexity index is 928. The molecule has 1 aromatic rings. The molecule has 0 unspecified atom stereocenters. The lowest BCUT2D eigenvalue weighted by Crippen LogP contribution is -2.35. The van der Waals surface area contributed by atoms with Gasteiger partial charge in [-0.25, -0.2) is 4.99 Å². The lowest BCUT2D eigenvalue weighted by molar-refractivity contribution is -0.119. The monoisotopic (exact) mass is 466 g/mol. The predicted octanol–water partition coefficient (Wildman–Crippen LogP) is 3.18. The minimum Gasteiger partial charge on any atom is -0.494 e. The van der Waals surface area contributed by atoms with Gasteiger partial charge in [-0.3, -0.25) is 4.79 Å². The molecule has 2 aliphatic heterocycles. The molecule has 0 spiro atoms. The minimum absolute atomic E-state index is 0.102. The molecule has 0 atom stereocenters. The fraction of sp³-hybridized carbons (Fsp3) is 0.481. The number of amides is 1. The average Bonchev–Trinajstić information content (AvgIpc) is 2.86. The molecule has 0 radical (unpaired) electrons. The number of hydrogen-bond acceptors (Lipinski definition) is 6. The first-order valence-corrected chi connectivity index (χ1v) is 12.2. The van der Waals surface area contributed by atoms with E-state index in [1.54, 1.807) is 6.92 Å². The van der Waals surface area contributed by atoms with E-state index < -0.39 is 0 Å². The number of aliphatic hydroxyl groups excluding tert-OH is 1. The number of allylic oxidation sites excluding steroid dienone is 2. The summed E-state index contributed by atoms with van der Waals surface area (Å²) in [5, 5.41) is 15.3. The maximum atomic E-state index is 12.5. The molecule has 3 rings (SSSR count). The number of nitrogens with zero attached hydrogens (tertiary/aromatic N) is 2. The summed E-state index contributed by atoms with van der Waals surface area (Å²) in [6.45, 7) is 8.59. The highest BCUT2D eigenvalue weighted by molar-refractivity contribution is 5.98. The molecule has 0 saturated carbocycles. The number of benzene rings is 1. The summed E-state index contributed by atoms with van der Waals surface area (Å²) < 4.78 is 5.93. The second-order valence-corrected chi connectivity index (χ2v) is 8.81. The number of piperidine rings is 1. The van der Waals surface area contributed by atoms with Crippen molar-refractivity contribution < 1.29 is 14.6 Å². The number of nitrogens with one attached hydrogen (secondary N) is 2. The maximum absolute atomic E-state index is 12.5. The number of carbonyl (C=O) groups is 1. The number of aliphatic hydroxyl groups is 1. The van der Waals surface area contributed by atoms with E-state index in [2.05, 4.69) is 26.6 Å². The van der Waals surface area contributed by atoms with Crippen LogP contribution < -0.4 is 15.4 Å². The lowest BCUT2D eigenvalue weighted by Gasteiger charge is -2.30. The molecule has 2 aliphatic rings. The Balaban J connectivity index is 1.42. The number of aliphatic imine (C=N–C) groups is 1. The van der Waals surface area contributed by atoms with Crippen molar-refractivity contribution in [2.75, 3.05) is 39.4 Å². The van der Waals surface area contributed by atoms with Gasteiger partial charge in [-0.2, -0.15) is 0 Å². The van der Waals surface area contributed by atoms with Gasteiger partial charge in [0.15, 0.2) is 0 Å². The van der Waals surface area contributed by atoms with Gasteiger partial charge in [0.05, 0.1) is 18.7 Å². The number of rotatable bonds is 10. The Labute approximate surface area is 203 Å². The van der Waals surface area contributed by atoms with Crippen LogP contribution in [0, 0.1) is 5.92 Å². The van der Waals surface area contributed by atoms with Crippen LogP contribution in [0.3, 0.4) is 0 Å². The van der Waals surface area contributed by atoms with Gasteiger partial charge in [0.1, 0.15) is 11.6 Å². The summed E-state index contributed by atoms with van der Waals surface area (Å²) in [5.41, 5.74) is 2.78. The van der Waals surface area contributed by atoms with E-state index in [1.165, 1.54) is 0 Å². The van der Waals surface area contributed by atoms with E-state index in [1.807, 2.05) is 49.5 Å². The highest BCUT2D eigenvalue weighted by Crippen LogP contribution is 2.18. The Morgan fingerprint density at radius 2 is 2.18 bits per heavy atom. The van der Waals surface area contributed by atoms with Crippen molar-refractivity contribution in [2.24, 2.45) is 10.9 Å². The molecule has 2 heterocycles. The van der Waals surface area contributed by atoms with Gasteiger partial charge in [-0.1, -0.05) is 24.3 Å². The number of ether oxygens (including phenoxy) is 1. The minimum atomic E-state index is -0.102. The molecule has 1 aromatic carbocycles. The standard InChI is InChI=1S/C27H38N4O3/c1-3-26(24-8-12-28-13-9-24)29-21(2)30-27(33)19-23-6-4-7-25(18-23)34-17-5-14-31-15-10-22(20-32)11-16-31/h3-4,6-9,12,18,22,28,32H,5,10-11,13-17,19-20H2,1-2H3,(H,29,30,33)/b26-3-. The fourth-order valence-electron chi connectivity index (χ4n) is 4.20. The molecule has 0 bridgehead atoms. The van der Waals surface area contributed by atoms with E-state index in [-0.39, 0.29) is 12.3 Å². The summed E-state index contributed by atoms with van der Waals surface area (Å²) in [5.74, 6) is 1.73. The van der Waals surface area contributed by atoms with E-state index >= 15 is 0 Å². The fourth-order valence-corrected chi connectivity index (χ4v) is 4.20. The van der Waals surface area contributed by atoms with Gasteiger partial charge in [0.2, 0.25) is 5.91 Å². The van der Waals surface area contributed by atoms with E-state index in [9.17, 15) is 9.90 Å². The number of hydrogen-bond donors (Lipinski definition) is 3. The quantitative estimate of drug-likeness (QED) is 0.280. The SMILES string of the molecule is C/C=C(\N=C(C)NC(=O)Cc1cccc(OCCCN2CCC(CO)CC2)c1)C1=CCNC=C1. The largest absolute Gasteiger partial charge is 0.494 e. The van der Waals surface area contributed by atoms with Crippen LogP contribution in [0.15, 0.2) is 65.0 Å². The first-order valence-electron chi connectivity index (χ1n) is 12.2. The summed E-state index contributed by atoms with van der Waals surface area (Å²) in [4.78, 5) is 19.6. The van der Waals surface area contributed by atoms with Gasteiger partial charge in [-0.15, -0.1) is 0 Å². The average molecular weight is 467 g/mol. The van der Waals surface area contributed by atoms with Crippen LogP contribution >= 0.6 is 0 Å². The molecule has 1 amide bonds. The number of likely N-dealkylation sites (tertiary alicyclic amines) is 1. The van der Waals surface area contributed by atoms with Crippen LogP contribution in [0.25, 0.3) is 0 Å². The normalized spacial score (nSPS) is 17.8. The molecule has 7 heteroatoms. The van der Waals surface area contributed by atoms with E-state index in [0.717, 1.165) is 68.0 Å². The molecule has 1 fully saturated rings. The molecular formula is C27H38N4O3. The topological polar surface area (TPSA) is 86.2 Å². The van der Waals surface area contributed by atoms with Crippen LogP contribution in [0.2, 0.25) is 0 Å². The van der Waals surface area contributed by atoms with Crippen molar-refractivity contribution in [1.29, 1.82) is 0 Å². The maximum Gasteiger partial charge on any atom is 0.229 e. The molecule has 1 saturated heterocycles. The first kappa shape index (κ1) is 25.7. The van der Waals surface area contributed by atoms with Crippen molar-refractivity contribution in [3.8, 4) is 5.75 Å². The Hall–Kier alpha value is -2.90. The molecule has 0 aromatic heterocycles. The van der Waals surface area contributed by atoms with Gasteiger partial charge in [0, 0.05) is 19.7 Å². The third kappa shape index (κ3) is 8.47. The second-order valence-electron chi connectivity index (χ2n) is 8.81. The summed E-state index contributed by atoms with van der Waals surface area (Å²) in [6, 6.07) is 7.72. The summed E-state index contributed by atoms with van der Waals surface area (Å²) in [7, 11) is 0. The molecule has 3 N–H and O–H groups in total. The van der Waals surface area contributed by atoms with Gasteiger partial charge >= 0.3 is 0 Å². The van der Waals surface area contributed by atoms with Crippen LogP contribution in [0.5, 0.6) is 5.75 Å². The number of dihydropyridines is 1. The first-order chi connectivity index (χ1) is 16.6. The van der Waals surface area contributed by atoms with Gasteiger partial charge < -0.3 is 25.4 Å². The van der Waals surface area contributed by atoms with Gasteiger partial charge in [-0.05, 0) is 87.7 Å². The number of carbonyl (C=O) groups excluding carboxylic acids is 1. The van der Waals surface area contributed by atoms with Crippen molar-refractivity contribution in [2.45, 2.75) is 39.5 Å². The van der Waals surface area contributed by atoms with Crippen LogP contribution in [-0.4, -0.2) is 61.1 Å². The zero-order valence-corrected chi connectivity index (χ0v) is 20.4. The Morgan fingerprint density at radius 1 is 1.35 bits per heavy atom. The zero-order chi connectivity index (χ0) is 24.2. The van der Waals surface area contributed by atoms with Crippen LogP contribution in [0.1, 0.15) is 38.7 Å². The van der Waals surface area contributed by atoms with Crippen molar-refractivity contribution in [3.63, 3.8) is 0 Å². The lowest BCUT2D eigenvalue weighted by atomic mass is 9.98. The van der Waals surface area contributed by atoms with Crippen LogP contribution in [0.4, 0.5) is 0 Å². The van der Waals surface area contributed by atoms with E-state index in [0.29, 0.717) is 25.0 Å². The Kier molecular flexibility index (Phi) is 10.4. The third-order valence-corrected chi connectivity index (χ3v) is 6.11. The second kappa shape index (κ2) is 13.7. The summed E-state index contributed by atoms with van der Waals surface area (Å²) >= 11 is 0. The molecule has 7 nitrogen and oxygen atoms in total. The highest BCUT2D eigenvalue weighted by Gasteiger charge is 2.17. The predicted molar refractivity (Wildman–Crippen MR) is 137 cm³/mol. The van der Waals surface area contributed by atoms with E-state index in [4.69, 9.17) is 4.74 Å². The Morgan fingerprint density at radius 3 is 2.88 bits per heavy atom. The number of amidine groups is 1. The molecule has 34 heavy (non-hydrogen) atoms. The smallest absolute Gasteiger partial charge is 0.229 e. The van der Waals surface area contributed by atoms with Crippen molar-refractivity contribution >= 4 is 11.7 Å². The van der Waals surface area contributed by atoms with Gasteiger partial charge in [0.25, 0.3) is 0 Å². The summed E-state index contributed by atoms with van der Waals surface area (Å²) in [6.07, 6.45) is 11.3. The molecule has 0 aliphatic carbocycles. The van der Waals surface area contributed by atoms with Crippen LogP contribution in [-0.2, 0) is 11.2 Å². The molecule has 184 valence electrons. The highest BCUT2D eigenvalue weighted by atomic mass is 16.5. The molecular weight excluding hydrogens is 428 g/mol. The van der Waals surface area contributed by atoms with Crippen molar-refractivity contribution in [3.05, 3.63) is 65.5 Å². The van der Waals surface area contributed by atoms with Crippen molar-refractivity contribution in [1.82, 2.24) is 15.5 Å².